The summed E-state index contributed by atoms with van der Waals surface area (Å²) >= 11 is 4.64. The summed E-state index contributed by atoms with van der Waals surface area (Å²) < 4.78 is 14.5. The second-order valence-corrected chi connectivity index (χ2v) is 8.52. The van der Waals surface area contributed by atoms with E-state index in [1.807, 2.05) is 32.0 Å². The maximum atomic E-state index is 13.1. The molecule has 3 N–H and O–H groups in total. The number of aryl methyl sites for hydroxylation is 2. The third kappa shape index (κ3) is 6.03. The highest BCUT2D eigenvalue weighted by Gasteiger charge is 2.37. The molecule has 12 heteroatoms. The Balaban J connectivity index is 0.00000148. The highest BCUT2D eigenvalue weighted by molar-refractivity contribution is 6.15. The van der Waals surface area contributed by atoms with E-state index in [4.69, 9.17) is 0 Å². The molecule has 0 aliphatic heterocycles. The zero-order valence-electron chi connectivity index (χ0n) is 20.2. The van der Waals surface area contributed by atoms with Gasteiger partial charge in [-0.15, -0.1) is 11.6 Å². The molecule has 0 saturated heterocycles. The number of H-pyrrole nitrogens is 1. The molecule has 0 spiro atoms. The van der Waals surface area contributed by atoms with Crippen LogP contribution in [0.4, 0.5) is 16.0 Å². The van der Waals surface area contributed by atoms with Crippen molar-refractivity contribution >= 4 is 29.1 Å². The molecule has 1 amide bonds. The summed E-state index contributed by atoms with van der Waals surface area (Å²) in [4.78, 5) is 26.1. The first kappa shape index (κ1) is 25.2. The van der Waals surface area contributed by atoms with Gasteiger partial charge in [-0.2, -0.15) is 10.2 Å². The number of alkyl halides is 1. The number of hydrogen-bond donors (Lipinski definition) is 3. The fraction of sp³-hybridized carbons (Fsp3) is 0.333. The van der Waals surface area contributed by atoms with Gasteiger partial charge >= 0.3 is 0 Å². The molecule has 4 aromatic rings. The predicted molar refractivity (Wildman–Crippen MR) is 134 cm³/mol. The lowest BCUT2D eigenvalue weighted by atomic mass is 9.74. The average Bonchev–Trinajstić information content (AvgIpc) is 3.46. The van der Waals surface area contributed by atoms with E-state index in [9.17, 15) is 9.18 Å². The SMILES string of the molecule is CCl.Cc1cc(Nc2cc(C)[nH]n2)nc(C2CC(C(=O)NCc3ccc(-n4cc(F)cn4)nc3)C2)n1. The normalized spacial score (nSPS) is 16.5. The Bertz CT molecular complexity index is 1320. The van der Waals surface area contributed by atoms with Crippen LogP contribution in [0.3, 0.4) is 0 Å². The Hall–Kier alpha value is -3.86. The largest absolute Gasteiger partial charge is 0.352 e. The number of pyridine rings is 1. The molecule has 4 heterocycles. The van der Waals surface area contributed by atoms with Gasteiger partial charge in [-0.3, -0.25) is 9.89 Å². The summed E-state index contributed by atoms with van der Waals surface area (Å²) in [6.07, 6.45) is 6.91. The molecular formula is C24H27ClFN9O. The highest BCUT2D eigenvalue weighted by Crippen LogP contribution is 2.40. The summed E-state index contributed by atoms with van der Waals surface area (Å²) in [5.74, 6) is 2.30. The fourth-order valence-corrected chi connectivity index (χ4v) is 3.91. The number of carbonyl (C=O) groups excluding carboxylic acids is 1. The molecule has 10 nitrogen and oxygen atoms in total. The Morgan fingerprint density at radius 2 is 1.97 bits per heavy atom. The molecule has 1 fully saturated rings. The van der Waals surface area contributed by atoms with Crippen molar-refractivity contribution in [1.82, 2.24) is 40.2 Å². The van der Waals surface area contributed by atoms with E-state index in [-0.39, 0.29) is 17.7 Å². The summed E-state index contributed by atoms with van der Waals surface area (Å²) in [5.41, 5.74) is 2.68. The molecule has 0 atom stereocenters. The van der Waals surface area contributed by atoms with Crippen LogP contribution in [-0.2, 0) is 11.3 Å². The number of nitrogens with one attached hydrogen (secondary N) is 3. The zero-order chi connectivity index (χ0) is 25.7. The third-order valence-corrected chi connectivity index (χ3v) is 5.77. The predicted octanol–water partition coefficient (Wildman–Crippen LogP) is 3.94. The Morgan fingerprint density at radius 3 is 2.61 bits per heavy atom. The molecule has 0 aromatic carbocycles. The van der Waals surface area contributed by atoms with Gasteiger partial charge < -0.3 is 10.6 Å². The van der Waals surface area contributed by atoms with Crippen LogP contribution in [0.1, 0.15) is 41.5 Å². The Kier molecular flexibility index (Phi) is 7.89. The lowest BCUT2D eigenvalue weighted by Gasteiger charge is -2.33. The van der Waals surface area contributed by atoms with Gasteiger partial charge in [-0.25, -0.2) is 24.0 Å². The standard InChI is InChI=1S/C23H24FN9O.CH3Cl/c1-13-5-19(29-20-6-14(2)31-32-20)30-22(28-13)16-7-17(8-16)23(34)26-10-15-3-4-21(25-9-15)33-12-18(24)11-27-33;1-2/h3-6,9,11-12,16-17H,7-8,10H2,1-2H3,(H,26,34)(H2,28,29,30,31,32);1H3. The molecule has 1 saturated carbocycles. The third-order valence-electron chi connectivity index (χ3n) is 5.77. The van der Waals surface area contributed by atoms with E-state index >= 15 is 0 Å². The maximum absolute atomic E-state index is 13.1. The highest BCUT2D eigenvalue weighted by atomic mass is 35.5. The van der Waals surface area contributed by atoms with Crippen LogP contribution in [0.15, 0.2) is 42.9 Å². The van der Waals surface area contributed by atoms with Crippen molar-refractivity contribution < 1.29 is 9.18 Å². The molecule has 4 aromatic heterocycles. The Labute approximate surface area is 212 Å². The van der Waals surface area contributed by atoms with Gasteiger partial charge in [0.1, 0.15) is 11.6 Å². The second-order valence-electron chi connectivity index (χ2n) is 8.52. The van der Waals surface area contributed by atoms with Gasteiger partial charge in [0.15, 0.2) is 17.5 Å². The van der Waals surface area contributed by atoms with Crippen LogP contribution in [0, 0.1) is 25.6 Å². The molecule has 5 rings (SSSR count). The summed E-state index contributed by atoms with van der Waals surface area (Å²) in [6.45, 7) is 4.24. The van der Waals surface area contributed by atoms with Gasteiger partial charge in [-0.1, -0.05) is 6.07 Å². The first-order valence-corrected chi connectivity index (χ1v) is 12.1. The molecule has 0 radical (unpaired) electrons. The number of amides is 1. The summed E-state index contributed by atoms with van der Waals surface area (Å²) in [5, 5.41) is 17.1. The zero-order valence-corrected chi connectivity index (χ0v) is 20.9. The van der Waals surface area contributed by atoms with E-state index in [0.29, 0.717) is 36.8 Å². The van der Waals surface area contributed by atoms with E-state index in [1.54, 1.807) is 12.3 Å². The minimum Gasteiger partial charge on any atom is -0.352 e. The van der Waals surface area contributed by atoms with E-state index in [0.717, 1.165) is 29.0 Å². The van der Waals surface area contributed by atoms with Crippen molar-refractivity contribution in [2.75, 3.05) is 11.7 Å². The van der Waals surface area contributed by atoms with Crippen LogP contribution in [-0.4, -0.2) is 47.2 Å². The molecular weight excluding hydrogens is 485 g/mol. The number of aromatic nitrogens is 7. The molecule has 188 valence electrons. The molecule has 0 unspecified atom stereocenters. The number of anilines is 2. The fourth-order valence-electron chi connectivity index (χ4n) is 3.91. The van der Waals surface area contributed by atoms with E-state index < -0.39 is 5.82 Å². The van der Waals surface area contributed by atoms with Crippen molar-refractivity contribution in [2.24, 2.45) is 5.92 Å². The van der Waals surface area contributed by atoms with Crippen molar-refractivity contribution in [3.63, 3.8) is 0 Å². The lowest BCUT2D eigenvalue weighted by Crippen LogP contribution is -2.38. The number of aromatic amines is 1. The van der Waals surface area contributed by atoms with Crippen LogP contribution in [0.25, 0.3) is 5.82 Å². The molecule has 36 heavy (non-hydrogen) atoms. The first-order valence-electron chi connectivity index (χ1n) is 11.4. The minimum absolute atomic E-state index is 0.00692. The van der Waals surface area contributed by atoms with Gasteiger partial charge in [0.2, 0.25) is 5.91 Å². The number of nitrogens with zero attached hydrogens (tertiary/aromatic N) is 6. The van der Waals surface area contributed by atoms with Gasteiger partial charge in [0.25, 0.3) is 0 Å². The monoisotopic (exact) mass is 511 g/mol. The van der Waals surface area contributed by atoms with E-state index in [2.05, 4.69) is 52.5 Å². The van der Waals surface area contributed by atoms with Gasteiger partial charge in [-0.05, 0) is 38.3 Å². The molecule has 1 aliphatic carbocycles. The first-order chi connectivity index (χ1) is 17.4. The van der Waals surface area contributed by atoms with Gasteiger partial charge in [0, 0.05) is 54.5 Å². The number of halogens is 2. The van der Waals surface area contributed by atoms with E-state index in [1.165, 1.54) is 17.3 Å². The summed E-state index contributed by atoms with van der Waals surface area (Å²) in [7, 11) is 0. The van der Waals surface area contributed by atoms with Crippen LogP contribution in [0.5, 0.6) is 0 Å². The number of carbonyl (C=O) groups is 1. The second kappa shape index (κ2) is 11.3. The maximum Gasteiger partial charge on any atom is 0.223 e. The van der Waals surface area contributed by atoms with Crippen LogP contribution < -0.4 is 10.6 Å². The molecule has 0 bridgehead atoms. The van der Waals surface area contributed by atoms with Crippen molar-refractivity contribution in [3.8, 4) is 5.82 Å². The van der Waals surface area contributed by atoms with Gasteiger partial charge in [0.05, 0.1) is 12.4 Å². The quantitative estimate of drug-likeness (QED) is 0.321. The molecule has 1 aliphatic rings. The smallest absolute Gasteiger partial charge is 0.223 e. The summed E-state index contributed by atoms with van der Waals surface area (Å²) in [6, 6.07) is 7.35. The minimum atomic E-state index is -0.423. The van der Waals surface area contributed by atoms with Crippen molar-refractivity contribution in [1.29, 1.82) is 0 Å². The average molecular weight is 512 g/mol. The number of rotatable bonds is 7. The van der Waals surface area contributed by atoms with Crippen molar-refractivity contribution in [2.45, 2.75) is 39.2 Å². The topological polar surface area (TPSA) is 126 Å². The number of hydrogen-bond acceptors (Lipinski definition) is 7. The Morgan fingerprint density at radius 1 is 1.17 bits per heavy atom. The lowest BCUT2D eigenvalue weighted by molar-refractivity contribution is -0.128. The van der Waals surface area contributed by atoms with Crippen LogP contribution in [0.2, 0.25) is 0 Å². The van der Waals surface area contributed by atoms with Crippen molar-refractivity contribution in [3.05, 3.63) is 71.4 Å². The van der Waals surface area contributed by atoms with Crippen LogP contribution >= 0.6 is 11.6 Å².